The molecule has 2 aliphatic carbocycles. The van der Waals surface area contributed by atoms with Crippen LogP contribution in [0, 0.1) is 0 Å². The number of ketones is 1. The number of methoxy groups -OCH3 is 2. The number of imidazole rings is 2. The molecule has 0 spiro atoms. The summed E-state index contributed by atoms with van der Waals surface area (Å²) >= 11 is 0. The fourth-order valence-corrected chi connectivity index (χ4v) is 10.2. The molecule has 312 valence electrons. The molecule has 4 aliphatic rings. The predicted molar refractivity (Wildman–Crippen MR) is 221 cm³/mol. The number of hydrogen-bond donors (Lipinski definition) is 4. The number of aromatic nitrogens is 5. The number of aromatic amines is 2. The Kier molecular flexibility index (Phi) is 11.4. The van der Waals surface area contributed by atoms with Crippen molar-refractivity contribution < 1.29 is 32.3 Å². The van der Waals surface area contributed by atoms with E-state index in [1.165, 1.54) is 20.5 Å². The zero-order valence-electron chi connectivity index (χ0n) is 33.6. The second-order valence-corrected chi connectivity index (χ2v) is 18.6. The van der Waals surface area contributed by atoms with Crippen LogP contribution in [0.4, 0.5) is 9.59 Å². The number of rotatable bonds is 12. The van der Waals surface area contributed by atoms with E-state index < -0.39 is 39.4 Å². The van der Waals surface area contributed by atoms with Gasteiger partial charge in [-0.05, 0) is 67.8 Å². The molecule has 2 unspecified atom stereocenters. The van der Waals surface area contributed by atoms with Gasteiger partial charge in [-0.3, -0.25) is 9.69 Å². The minimum absolute atomic E-state index is 0.0546. The Morgan fingerprint density at radius 3 is 2.47 bits per heavy atom. The van der Waals surface area contributed by atoms with E-state index in [1.54, 1.807) is 0 Å². The first-order valence-corrected chi connectivity index (χ1v) is 22.4. The van der Waals surface area contributed by atoms with E-state index in [4.69, 9.17) is 19.4 Å². The van der Waals surface area contributed by atoms with Gasteiger partial charge in [0.1, 0.15) is 27.3 Å². The molecule has 4 N–H and O–H groups in total. The van der Waals surface area contributed by atoms with Gasteiger partial charge < -0.3 is 34.6 Å². The summed E-state index contributed by atoms with van der Waals surface area (Å²) in [6.45, 7) is 1.77. The normalized spacial score (nSPS) is 24.8. The van der Waals surface area contributed by atoms with Crippen LogP contribution in [0.1, 0.15) is 96.3 Å². The number of amides is 2. The van der Waals surface area contributed by atoms with E-state index in [0.717, 1.165) is 71.2 Å². The maximum absolute atomic E-state index is 14.2. The highest BCUT2D eigenvalue weighted by atomic mass is 32.2. The number of ether oxygens (including phenoxy) is 2. The average Bonchev–Trinajstić information content (AvgIpc) is 4.07. The third-order valence-corrected chi connectivity index (χ3v) is 13.5. The molecule has 59 heavy (non-hydrogen) atoms. The minimum Gasteiger partial charge on any atom is -0.453 e. The van der Waals surface area contributed by atoms with Gasteiger partial charge in [-0.2, -0.15) is 0 Å². The molecule has 0 saturated carbocycles. The zero-order valence-corrected chi connectivity index (χ0v) is 34.5. The maximum atomic E-state index is 14.2. The largest absolute Gasteiger partial charge is 0.453 e. The monoisotopic (exact) mass is 824 g/mol. The number of sulfone groups is 1. The Bertz CT molecular complexity index is 2370. The van der Waals surface area contributed by atoms with E-state index in [-0.39, 0.29) is 42.4 Å². The van der Waals surface area contributed by atoms with Gasteiger partial charge >= 0.3 is 12.2 Å². The maximum Gasteiger partial charge on any atom is 0.407 e. The average molecular weight is 825 g/mol. The number of allylic oxidation sites excluding steroid dienone is 4. The van der Waals surface area contributed by atoms with Crippen LogP contribution in [-0.2, 0) is 42.5 Å². The summed E-state index contributed by atoms with van der Waals surface area (Å²) in [6.07, 6.45) is 16.8. The molecular weight excluding hydrogens is 773 g/mol. The highest BCUT2D eigenvalue weighted by Crippen LogP contribution is 2.44. The topological polar surface area (TPSA) is 193 Å². The first-order chi connectivity index (χ1) is 28.4. The van der Waals surface area contributed by atoms with Crippen LogP contribution in [-0.4, -0.2) is 107 Å². The predicted octanol–water partition coefficient (Wildman–Crippen LogP) is 5.07. The van der Waals surface area contributed by atoms with Crippen LogP contribution in [0.2, 0.25) is 0 Å². The van der Waals surface area contributed by atoms with Gasteiger partial charge in [0.05, 0.1) is 48.7 Å². The molecule has 15 nitrogen and oxygen atoms in total. The van der Waals surface area contributed by atoms with Crippen LogP contribution >= 0.6 is 0 Å². The van der Waals surface area contributed by atoms with Crippen LogP contribution in [0.5, 0.6) is 0 Å². The third kappa shape index (κ3) is 8.37. The number of benzene rings is 1. The van der Waals surface area contributed by atoms with Crippen molar-refractivity contribution in [2.45, 2.75) is 86.9 Å². The molecule has 8 rings (SSSR count). The molecule has 5 heterocycles. The van der Waals surface area contributed by atoms with Crippen LogP contribution in [0.15, 0.2) is 73.2 Å². The minimum atomic E-state index is -3.24. The number of Topliss-reactive ketones (excluding diaryl/α,β-unsaturated/α-hetero) is 1. The van der Waals surface area contributed by atoms with E-state index >= 15 is 0 Å². The van der Waals surface area contributed by atoms with Crippen molar-refractivity contribution in [1.82, 2.24) is 40.0 Å². The molecule has 3 aromatic heterocycles. The summed E-state index contributed by atoms with van der Waals surface area (Å²) in [7, 11) is -0.612. The lowest BCUT2D eigenvalue weighted by Crippen LogP contribution is -2.44. The number of nitrogens with zero attached hydrogens (tertiary/aromatic N) is 4. The van der Waals surface area contributed by atoms with E-state index in [2.05, 4.69) is 66.5 Å². The second-order valence-electron chi connectivity index (χ2n) is 16.3. The lowest BCUT2D eigenvalue weighted by molar-refractivity contribution is -0.121. The summed E-state index contributed by atoms with van der Waals surface area (Å²) < 4.78 is 36.0. The molecule has 1 saturated heterocycles. The van der Waals surface area contributed by atoms with Gasteiger partial charge in [0, 0.05) is 68.1 Å². The Labute approximate surface area is 344 Å². The molecule has 16 heteroatoms. The van der Waals surface area contributed by atoms with E-state index in [1.807, 2.05) is 36.8 Å². The summed E-state index contributed by atoms with van der Waals surface area (Å²) in [6, 6.07) is 11.5. The van der Waals surface area contributed by atoms with Gasteiger partial charge in [0.25, 0.3) is 0 Å². The number of H-pyrrole nitrogens is 2. The van der Waals surface area contributed by atoms with E-state index in [9.17, 15) is 22.8 Å². The van der Waals surface area contributed by atoms with Crippen molar-refractivity contribution >= 4 is 33.4 Å². The van der Waals surface area contributed by atoms with Crippen molar-refractivity contribution in [3.63, 3.8) is 0 Å². The van der Waals surface area contributed by atoms with E-state index in [0.29, 0.717) is 25.9 Å². The Morgan fingerprint density at radius 2 is 1.76 bits per heavy atom. The fourth-order valence-electron chi connectivity index (χ4n) is 9.51. The molecule has 2 aliphatic heterocycles. The molecular formula is C43H52N8O7S. The zero-order chi connectivity index (χ0) is 41.3. The second kappa shape index (κ2) is 16.6. The van der Waals surface area contributed by atoms with Gasteiger partial charge in [0.15, 0.2) is 0 Å². The van der Waals surface area contributed by atoms with Crippen LogP contribution < -0.4 is 10.6 Å². The highest BCUT2D eigenvalue weighted by Gasteiger charge is 2.43. The third-order valence-electron chi connectivity index (χ3n) is 12.5. The number of carbonyl (C=O) groups is 3. The van der Waals surface area contributed by atoms with Crippen molar-refractivity contribution in [2.24, 2.45) is 0 Å². The van der Waals surface area contributed by atoms with Gasteiger partial charge in [-0.15, -0.1) is 0 Å². The SMILES string of the molecule is COC(=O)N[C@@H](CCS(C)(=O)=O)CN1CCC[C@H]1c1ncc(C2(c3cnc([C@H]4CC(=O)C5c6c(ccn6C4)CC[C@@H]5NC(=O)OC)[nH]3)C=CC(c3ccccc3)=CC2)[nH]1. The molecule has 2 amide bonds. The summed E-state index contributed by atoms with van der Waals surface area (Å²) in [4.78, 5) is 58.3. The first-order valence-electron chi connectivity index (χ1n) is 20.3. The Balaban J connectivity index is 1.09. The molecule has 1 aromatic carbocycles. The Morgan fingerprint density at radius 1 is 1.02 bits per heavy atom. The number of aryl methyl sites for hydroxylation is 1. The summed E-state index contributed by atoms with van der Waals surface area (Å²) in [5, 5.41) is 5.76. The summed E-state index contributed by atoms with van der Waals surface area (Å²) in [5.74, 6) is 0.829. The van der Waals surface area contributed by atoms with Crippen LogP contribution in [0.3, 0.4) is 0 Å². The van der Waals surface area contributed by atoms with Gasteiger partial charge in [-0.25, -0.2) is 28.0 Å². The number of nitrogens with one attached hydrogen (secondary N) is 4. The fraction of sp³-hybridized carbons (Fsp3) is 0.465. The molecule has 1 fully saturated rings. The molecule has 4 aromatic rings. The van der Waals surface area contributed by atoms with Crippen LogP contribution in [0.25, 0.3) is 5.57 Å². The van der Waals surface area contributed by atoms with Gasteiger partial charge in [-0.1, -0.05) is 48.6 Å². The van der Waals surface area contributed by atoms with Crippen molar-refractivity contribution in [1.29, 1.82) is 0 Å². The first kappa shape index (κ1) is 40.3. The smallest absolute Gasteiger partial charge is 0.407 e. The van der Waals surface area contributed by atoms with Gasteiger partial charge in [0.2, 0.25) is 0 Å². The lowest BCUT2D eigenvalue weighted by atomic mass is 9.74. The standard InChI is InChI=1S/C43H52N8O7S/c1-57-41(53)46-31(16-21-59(3,55)56)26-50-19-7-10-33(50)40-45-24-36(49-40)43(17-13-28(14-18-43)27-8-5-4-6-9-27)35-23-44-39(48-35)30-22-34(52)37-32(47-42(54)58-2)12-11-29-15-20-51(25-30)38(29)37/h4-6,8-9,13-15,17,20,23-24,30-33,37H,7,10-12,16,18-19,21-22,25-26H2,1-3H3,(H,44,48)(H,45,49)(H,46,53)(H,47,54)/t30-,31-,32-,33-,37?,43?/m0/s1. The molecule has 0 radical (unpaired) electrons. The quantitative estimate of drug-likeness (QED) is 0.150. The lowest BCUT2D eigenvalue weighted by Gasteiger charge is -2.31. The van der Waals surface area contributed by atoms with Crippen molar-refractivity contribution in [2.75, 3.05) is 39.3 Å². The summed E-state index contributed by atoms with van der Waals surface area (Å²) in [5.41, 5.74) is 5.39. The highest BCUT2D eigenvalue weighted by molar-refractivity contribution is 7.90. The number of carbonyl (C=O) groups excluding carboxylic acids is 3. The number of hydrogen-bond acceptors (Lipinski definition) is 10. The molecule has 0 bridgehead atoms. The number of likely N-dealkylation sites (tertiary alicyclic amines) is 1. The van der Waals surface area contributed by atoms with Crippen molar-refractivity contribution in [3.05, 3.63) is 113 Å². The number of alkyl carbamates (subject to hydrolysis) is 2. The molecule has 6 atom stereocenters. The Hall–Kier alpha value is -5.48. The van der Waals surface area contributed by atoms with Crippen molar-refractivity contribution in [3.8, 4) is 0 Å².